The topological polar surface area (TPSA) is 64.0 Å². The Hall–Kier alpha value is -2.60. The van der Waals surface area contributed by atoms with Gasteiger partial charge in [0, 0.05) is 12.2 Å². The van der Waals surface area contributed by atoms with Crippen LogP contribution in [-0.4, -0.2) is 20.7 Å². The number of rotatable bonds is 6. The first-order valence-electron chi connectivity index (χ1n) is 8.98. The van der Waals surface area contributed by atoms with Crippen molar-refractivity contribution in [1.29, 1.82) is 0 Å². The summed E-state index contributed by atoms with van der Waals surface area (Å²) >= 11 is 1.31. The van der Waals surface area contributed by atoms with E-state index in [1.54, 1.807) is 10.6 Å². The van der Waals surface area contributed by atoms with Gasteiger partial charge >= 0.3 is 0 Å². The van der Waals surface area contributed by atoms with Gasteiger partial charge < -0.3 is 5.32 Å². The summed E-state index contributed by atoms with van der Waals surface area (Å²) in [6, 6.07) is 16.7. The second kappa shape index (κ2) is 8.39. The van der Waals surface area contributed by atoms with Crippen LogP contribution in [0.2, 0.25) is 0 Å². The number of thioether (sulfide) groups is 1. The third-order valence-electron chi connectivity index (χ3n) is 4.07. The Morgan fingerprint density at radius 1 is 1.07 bits per heavy atom. The molecule has 2 aromatic carbocycles. The number of hydrogen-bond donors (Lipinski definition) is 1. The third kappa shape index (κ3) is 4.57. The smallest absolute Gasteiger partial charge is 0.262 e. The fourth-order valence-electron chi connectivity index (χ4n) is 2.74. The summed E-state index contributed by atoms with van der Waals surface area (Å²) < 4.78 is 1.68. The number of nitrogens with zero attached hydrogens (tertiary/aromatic N) is 2. The van der Waals surface area contributed by atoms with E-state index >= 15 is 0 Å². The summed E-state index contributed by atoms with van der Waals surface area (Å²) in [5, 5.41) is 3.68. The lowest BCUT2D eigenvalue weighted by Crippen LogP contribution is -2.28. The Morgan fingerprint density at radius 2 is 1.74 bits per heavy atom. The maximum absolute atomic E-state index is 12.9. The third-order valence-corrected chi connectivity index (χ3v) is 5.16. The molecule has 0 aliphatic carbocycles. The fraction of sp³-hybridized carbons (Fsp3) is 0.286. The molecule has 27 heavy (non-hydrogen) atoms. The Morgan fingerprint density at radius 3 is 2.44 bits per heavy atom. The molecule has 0 aliphatic heterocycles. The first-order valence-corrected chi connectivity index (χ1v) is 9.86. The average molecular weight is 382 g/mol. The van der Waals surface area contributed by atoms with E-state index in [1.807, 2.05) is 55.5 Å². The maximum atomic E-state index is 12.9. The van der Waals surface area contributed by atoms with Crippen LogP contribution in [0.4, 0.5) is 5.69 Å². The van der Waals surface area contributed by atoms with Crippen molar-refractivity contribution in [2.75, 3.05) is 5.32 Å². The highest BCUT2D eigenvalue weighted by molar-refractivity contribution is 8.00. The van der Waals surface area contributed by atoms with Crippen molar-refractivity contribution < 1.29 is 4.79 Å². The van der Waals surface area contributed by atoms with Crippen LogP contribution >= 0.6 is 11.8 Å². The Balaban J connectivity index is 1.90. The zero-order chi connectivity index (χ0) is 19.4. The molecule has 0 saturated heterocycles. The van der Waals surface area contributed by atoms with Gasteiger partial charge in [0.05, 0.1) is 16.2 Å². The molecule has 3 rings (SSSR count). The van der Waals surface area contributed by atoms with Gasteiger partial charge in [-0.05, 0) is 37.1 Å². The monoisotopic (exact) mass is 381 g/mol. The van der Waals surface area contributed by atoms with Crippen molar-refractivity contribution in [3.05, 3.63) is 65.0 Å². The fourth-order valence-corrected chi connectivity index (χ4v) is 3.66. The number of carbonyl (C=O) groups excluding carboxylic acids is 1. The van der Waals surface area contributed by atoms with Crippen molar-refractivity contribution in [2.45, 2.75) is 37.7 Å². The summed E-state index contributed by atoms with van der Waals surface area (Å²) in [7, 11) is 0. The molecule has 0 spiro atoms. The van der Waals surface area contributed by atoms with Crippen molar-refractivity contribution in [3.8, 4) is 0 Å². The van der Waals surface area contributed by atoms with Crippen LogP contribution in [0, 0.1) is 5.92 Å². The number of hydrogen-bond acceptors (Lipinski definition) is 4. The maximum Gasteiger partial charge on any atom is 0.262 e. The van der Waals surface area contributed by atoms with Gasteiger partial charge in [-0.25, -0.2) is 4.98 Å². The lowest BCUT2D eigenvalue weighted by molar-refractivity contribution is -0.115. The summed E-state index contributed by atoms with van der Waals surface area (Å²) in [5.41, 5.74) is 1.34. The van der Waals surface area contributed by atoms with Crippen LogP contribution in [0.1, 0.15) is 20.8 Å². The van der Waals surface area contributed by atoms with Gasteiger partial charge in [-0.15, -0.1) is 0 Å². The standard InChI is InChI=1S/C21H23N3O2S/c1-14(2)13-24-20(26)17-11-7-8-12-18(17)23-21(24)27-15(3)19(25)22-16-9-5-4-6-10-16/h4-12,14-15H,13H2,1-3H3,(H,22,25)/t15-/m0/s1. The number of para-hydroxylation sites is 2. The molecule has 140 valence electrons. The normalized spacial score (nSPS) is 12.3. The molecule has 3 aromatic rings. The molecule has 1 N–H and O–H groups in total. The number of aromatic nitrogens is 2. The molecule has 6 heteroatoms. The summed E-state index contributed by atoms with van der Waals surface area (Å²) in [5.74, 6) is 0.170. The van der Waals surface area contributed by atoms with E-state index in [9.17, 15) is 9.59 Å². The van der Waals surface area contributed by atoms with Crippen LogP contribution in [0.15, 0.2) is 64.5 Å². The lowest BCUT2D eigenvalue weighted by atomic mass is 10.2. The van der Waals surface area contributed by atoms with E-state index in [1.165, 1.54) is 11.8 Å². The van der Waals surface area contributed by atoms with Crippen LogP contribution < -0.4 is 10.9 Å². The Kier molecular flexibility index (Phi) is 5.96. The van der Waals surface area contributed by atoms with E-state index in [-0.39, 0.29) is 11.5 Å². The predicted octanol–water partition coefficient (Wildman–Crippen LogP) is 4.17. The largest absolute Gasteiger partial charge is 0.325 e. The zero-order valence-electron chi connectivity index (χ0n) is 15.7. The molecule has 5 nitrogen and oxygen atoms in total. The van der Waals surface area contributed by atoms with Crippen molar-refractivity contribution in [1.82, 2.24) is 9.55 Å². The minimum absolute atomic E-state index is 0.0625. The second-order valence-corrected chi connectivity index (χ2v) is 8.14. The molecule has 0 aliphatic rings. The molecular formula is C21H23N3O2S. The summed E-state index contributed by atoms with van der Waals surface area (Å²) in [6.07, 6.45) is 0. The van der Waals surface area contributed by atoms with Gasteiger partial charge in [-0.1, -0.05) is 55.9 Å². The predicted molar refractivity (Wildman–Crippen MR) is 111 cm³/mol. The highest BCUT2D eigenvalue weighted by Crippen LogP contribution is 2.24. The average Bonchev–Trinajstić information content (AvgIpc) is 2.65. The van der Waals surface area contributed by atoms with Gasteiger partial charge in [-0.2, -0.15) is 0 Å². The van der Waals surface area contributed by atoms with E-state index in [0.29, 0.717) is 28.5 Å². The molecule has 0 saturated carbocycles. The van der Waals surface area contributed by atoms with Gasteiger partial charge in [0.15, 0.2) is 5.16 Å². The molecular weight excluding hydrogens is 358 g/mol. The Bertz CT molecular complexity index is 999. The molecule has 1 amide bonds. The van der Waals surface area contributed by atoms with Crippen LogP contribution in [0.3, 0.4) is 0 Å². The molecule has 0 radical (unpaired) electrons. The van der Waals surface area contributed by atoms with E-state index in [0.717, 1.165) is 5.69 Å². The number of carbonyl (C=O) groups is 1. The molecule has 1 atom stereocenters. The van der Waals surface area contributed by atoms with Crippen molar-refractivity contribution in [2.24, 2.45) is 5.92 Å². The number of fused-ring (bicyclic) bond motifs is 1. The first kappa shape index (κ1) is 19.2. The summed E-state index contributed by atoms with van der Waals surface area (Å²) in [6.45, 7) is 6.50. The van der Waals surface area contributed by atoms with Gasteiger partial charge in [-0.3, -0.25) is 14.2 Å². The highest BCUT2D eigenvalue weighted by Gasteiger charge is 2.20. The minimum atomic E-state index is -0.392. The van der Waals surface area contributed by atoms with E-state index in [4.69, 9.17) is 0 Å². The van der Waals surface area contributed by atoms with Crippen LogP contribution in [-0.2, 0) is 11.3 Å². The van der Waals surface area contributed by atoms with Crippen LogP contribution in [0.5, 0.6) is 0 Å². The molecule has 0 fully saturated rings. The molecule has 1 aromatic heterocycles. The molecule has 1 heterocycles. The SMILES string of the molecule is CC(C)Cn1c(S[C@@H](C)C(=O)Nc2ccccc2)nc2ccccc2c1=O. The number of benzene rings is 2. The quantitative estimate of drug-likeness (QED) is 0.514. The highest BCUT2D eigenvalue weighted by atomic mass is 32.2. The molecule has 0 bridgehead atoms. The lowest BCUT2D eigenvalue weighted by Gasteiger charge is -2.17. The van der Waals surface area contributed by atoms with Crippen molar-refractivity contribution >= 4 is 34.3 Å². The summed E-state index contributed by atoms with van der Waals surface area (Å²) in [4.78, 5) is 30.2. The van der Waals surface area contributed by atoms with Gasteiger partial charge in [0.2, 0.25) is 5.91 Å². The van der Waals surface area contributed by atoms with Gasteiger partial charge in [0.1, 0.15) is 0 Å². The number of anilines is 1. The second-order valence-electron chi connectivity index (χ2n) is 6.84. The Labute approximate surface area is 162 Å². The van der Waals surface area contributed by atoms with Gasteiger partial charge in [0.25, 0.3) is 5.56 Å². The minimum Gasteiger partial charge on any atom is -0.325 e. The molecule has 0 unspecified atom stereocenters. The van der Waals surface area contributed by atoms with Crippen LogP contribution in [0.25, 0.3) is 10.9 Å². The number of nitrogens with one attached hydrogen (secondary N) is 1. The number of amides is 1. The van der Waals surface area contributed by atoms with E-state index in [2.05, 4.69) is 24.1 Å². The van der Waals surface area contributed by atoms with E-state index < -0.39 is 5.25 Å². The first-order chi connectivity index (χ1) is 13.0. The van der Waals surface area contributed by atoms with Crippen molar-refractivity contribution in [3.63, 3.8) is 0 Å². The zero-order valence-corrected chi connectivity index (χ0v) is 16.5.